The molecule has 1 saturated carbocycles. The maximum atomic E-state index is 9.00. The van der Waals surface area contributed by atoms with Gasteiger partial charge in [-0.05, 0) is 32.6 Å². The Balaban J connectivity index is 1.66. The van der Waals surface area contributed by atoms with Crippen molar-refractivity contribution < 1.29 is 5.11 Å². The Hall–Kier alpha value is -1.67. The molecule has 8 nitrogen and oxygen atoms in total. The number of nitrogens with zero attached hydrogens (tertiary/aromatic N) is 5. The molecule has 2 heterocycles. The molecule has 0 amide bonds. The Morgan fingerprint density at radius 1 is 1.08 bits per heavy atom. The third-order valence-electron chi connectivity index (χ3n) is 4.30. The fraction of sp³-hybridized carbons (Fsp3) is 0.812. The van der Waals surface area contributed by atoms with E-state index in [1.54, 1.807) is 0 Å². The van der Waals surface area contributed by atoms with Crippen LogP contribution in [0.1, 0.15) is 26.7 Å². The number of hydrogen-bond acceptors (Lipinski definition) is 8. The molecule has 3 rings (SSSR count). The van der Waals surface area contributed by atoms with Gasteiger partial charge in [-0.1, -0.05) is 0 Å². The summed E-state index contributed by atoms with van der Waals surface area (Å²) in [6.45, 7) is 9.85. The standard InChI is InChI=1S/C16H29N7O/c1-12(2)18-15-19-14(17-5-10-24)20-16(21-15)23-8-6-22(7-9-23)11-13-3-4-13/h12-13,24H,3-11H2,1-2H3,(H2,17,18,19,20,21). The number of hydrogen-bond donors (Lipinski definition) is 3. The smallest absolute Gasteiger partial charge is 0.232 e. The molecule has 1 aliphatic carbocycles. The summed E-state index contributed by atoms with van der Waals surface area (Å²) in [7, 11) is 0. The van der Waals surface area contributed by atoms with Gasteiger partial charge < -0.3 is 20.6 Å². The first kappa shape index (κ1) is 17.2. The zero-order valence-corrected chi connectivity index (χ0v) is 14.7. The van der Waals surface area contributed by atoms with Crippen LogP contribution in [0.3, 0.4) is 0 Å². The topological polar surface area (TPSA) is 89.4 Å². The van der Waals surface area contributed by atoms with E-state index in [1.807, 2.05) is 0 Å². The molecule has 0 atom stereocenters. The van der Waals surface area contributed by atoms with Crippen molar-refractivity contribution in [3.05, 3.63) is 0 Å². The number of rotatable bonds is 8. The molecule has 2 aliphatic rings. The Kier molecular flexibility index (Phi) is 5.68. The highest BCUT2D eigenvalue weighted by Crippen LogP contribution is 2.30. The minimum atomic E-state index is 0.0494. The molecule has 1 aromatic rings. The molecule has 1 aliphatic heterocycles. The quantitative estimate of drug-likeness (QED) is 0.637. The van der Waals surface area contributed by atoms with Crippen LogP contribution in [-0.4, -0.2) is 76.9 Å². The van der Waals surface area contributed by atoms with E-state index in [4.69, 9.17) is 5.11 Å². The molecule has 24 heavy (non-hydrogen) atoms. The lowest BCUT2D eigenvalue weighted by atomic mass is 10.3. The normalized spacial score (nSPS) is 18.9. The van der Waals surface area contributed by atoms with Crippen molar-refractivity contribution in [1.82, 2.24) is 19.9 Å². The minimum absolute atomic E-state index is 0.0494. The van der Waals surface area contributed by atoms with Gasteiger partial charge in [0.1, 0.15) is 0 Å². The second-order valence-corrected chi connectivity index (χ2v) is 6.96. The Bertz CT molecular complexity index is 527. The van der Waals surface area contributed by atoms with Crippen LogP contribution in [0.25, 0.3) is 0 Å². The second-order valence-electron chi connectivity index (χ2n) is 6.96. The van der Waals surface area contributed by atoms with Crippen LogP contribution in [0, 0.1) is 5.92 Å². The summed E-state index contributed by atoms with van der Waals surface area (Å²) in [5, 5.41) is 15.3. The lowest BCUT2D eigenvalue weighted by molar-refractivity contribution is 0.247. The van der Waals surface area contributed by atoms with Crippen LogP contribution in [0.4, 0.5) is 17.8 Å². The summed E-state index contributed by atoms with van der Waals surface area (Å²) in [6.07, 6.45) is 2.80. The zero-order chi connectivity index (χ0) is 16.9. The van der Waals surface area contributed by atoms with E-state index >= 15 is 0 Å². The molecule has 1 aromatic heterocycles. The molecule has 8 heteroatoms. The summed E-state index contributed by atoms with van der Waals surface area (Å²) >= 11 is 0. The van der Waals surface area contributed by atoms with Gasteiger partial charge in [0.2, 0.25) is 17.8 Å². The number of aliphatic hydroxyl groups is 1. The van der Waals surface area contributed by atoms with Crippen molar-refractivity contribution in [1.29, 1.82) is 0 Å². The summed E-state index contributed by atoms with van der Waals surface area (Å²) < 4.78 is 0. The molecule has 134 valence electrons. The average Bonchev–Trinajstić information content (AvgIpc) is 3.37. The lowest BCUT2D eigenvalue weighted by Crippen LogP contribution is -2.47. The number of nitrogens with one attached hydrogen (secondary N) is 2. The second kappa shape index (κ2) is 7.94. The van der Waals surface area contributed by atoms with Crippen molar-refractivity contribution in [3.63, 3.8) is 0 Å². The fourth-order valence-corrected chi connectivity index (χ4v) is 2.87. The zero-order valence-electron chi connectivity index (χ0n) is 14.7. The molecule has 0 spiro atoms. The van der Waals surface area contributed by atoms with E-state index in [0.717, 1.165) is 32.1 Å². The van der Waals surface area contributed by atoms with Gasteiger partial charge in [-0.25, -0.2) is 0 Å². The van der Waals surface area contributed by atoms with E-state index in [2.05, 4.69) is 49.2 Å². The Morgan fingerprint density at radius 3 is 2.42 bits per heavy atom. The Labute approximate surface area is 143 Å². The molecular formula is C16H29N7O. The Morgan fingerprint density at radius 2 is 1.79 bits per heavy atom. The van der Waals surface area contributed by atoms with Crippen molar-refractivity contribution >= 4 is 17.8 Å². The average molecular weight is 335 g/mol. The predicted molar refractivity (Wildman–Crippen MR) is 95.5 cm³/mol. The van der Waals surface area contributed by atoms with E-state index < -0.39 is 0 Å². The van der Waals surface area contributed by atoms with Gasteiger partial charge in [-0.3, -0.25) is 4.90 Å². The van der Waals surface area contributed by atoms with Crippen LogP contribution in [0.15, 0.2) is 0 Å². The van der Waals surface area contributed by atoms with Gasteiger partial charge in [0.15, 0.2) is 0 Å². The van der Waals surface area contributed by atoms with Crippen molar-refractivity contribution in [3.8, 4) is 0 Å². The van der Waals surface area contributed by atoms with E-state index in [0.29, 0.717) is 24.4 Å². The van der Waals surface area contributed by atoms with Gasteiger partial charge in [-0.15, -0.1) is 0 Å². The van der Waals surface area contributed by atoms with Crippen molar-refractivity contribution in [2.24, 2.45) is 5.92 Å². The SMILES string of the molecule is CC(C)Nc1nc(NCCO)nc(N2CCN(CC3CC3)CC2)n1. The van der Waals surface area contributed by atoms with E-state index in [9.17, 15) is 0 Å². The molecule has 0 aromatic carbocycles. The first-order valence-electron chi connectivity index (χ1n) is 8.98. The van der Waals surface area contributed by atoms with E-state index in [1.165, 1.54) is 19.4 Å². The first-order chi connectivity index (χ1) is 11.6. The summed E-state index contributed by atoms with van der Waals surface area (Å²) in [5.41, 5.74) is 0. The summed E-state index contributed by atoms with van der Waals surface area (Å²) in [4.78, 5) is 18.2. The predicted octanol–water partition coefficient (Wildman–Crippen LogP) is 0.628. The fourth-order valence-electron chi connectivity index (χ4n) is 2.87. The number of anilines is 3. The van der Waals surface area contributed by atoms with Gasteiger partial charge in [0.05, 0.1) is 6.61 Å². The molecule has 0 radical (unpaired) electrons. The highest BCUT2D eigenvalue weighted by molar-refractivity contribution is 5.44. The number of aliphatic hydroxyl groups excluding tert-OH is 1. The van der Waals surface area contributed by atoms with Gasteiger partial charge in [0.25, 0.3) is 0 Å². The molecule has 3 N–H and O–H groups in total. The van der Waals surface area contributed by atoms with Gasteiger partial charge in [0, 0.05) is 45.3 Å². The number of piperazine rings is 1. The molecule has 0 bridgehead atoms. The molecule has 1 saturated heterocycles. The third kappa shape index (κ3) is 4.91. The third-order valence-corrected chi connectivity index (χ3v) is 4.30. The molecule has 0 unspecified atom stereocenters. The van der Waals surface area contributed by atoms with Crippen LogP contribution in [0.5, 0.6) is 0 Å². The lowest BCUT2D eigenvalue weighted by Gasteiger charge is -2.34. The summed E-state index contributed by atoms with van der Waals surface area (Å²) in [6, 6.07) is 0.251. The maximum Gasteiger partial charge on any atom is 0.232 e. The molecular weight excluding hydrogens is 306 g/mol. The van der Waals surface area contributed by atoms with E-state index in [-0.39, 0.29) is 12.6 Å². The van der Waals surface area contributed by atoms with Crippen LogP contribution >= 0.6 is 0 Å². The molecule has 2 fully saturated rings. The van der Waals surface area contributed by atoms with Crippen molar-refractivity contribution in [2.75, 3.05) is 61.4 Å². The van der Waals surface area contributed by atoms with Crippen molar-refractivity contribution in [2.45, 2.75) is 32.7 Å². The monoisotopic (exact) mass is 335 g/mol. The van der Waals surface area contributed by atoms with Crippen LogP contribution < -0.4 is 15.5 Å². The van der Waals surface area contributed by atoms with Gasteiger partial charge >= 0.3 is 0 Å². The van der Waals surface area contributed by atoms with Crippen LogP contribution in [0.2, 0.25) is 0 Å². The highest BCUT2D eigenvalue weighted by Gasteiger charge is 2.27. The van der Waals surface area contributed by atoms with Crippen LogP contribution in [-0.2, 0) is 0 Å². The highest BCUT2D eigenvalue weighted by atomic mass is 16.3. The summed E-state index contributed by atoms with van der Waals surface area (Å²) in [5.74, 6) is 2.73. The first-order valence-corrected chi connectivity index (χ1v) is 8.98. The number of aromatic nitrogens is 3. The minimum Gasteiger partial charge on any atom is -0.395 e. The largest absolute Gasteiger partial charge is 0.395 e. The van der Waals surface area contributed by atoms with Gasteiger partial charge in [-0.2, -0.15) is 15.0 Å². The maximum absolute atomic E-state index is 9.00.